The van der Waals surface area contributed by atoms with Crippen molar-refractivity contribution in [3.63, 3.8) is 0 Å². The highest BCUT2D eigenvalue weighted by atomic mass is 16.3. The molecular weight excluding hydrogens is 456 g/mol. The molecule has 7 nitrogen and oxygen atoms in total. The van der Waals surface area contributed by atoms with Crippen molar-refractivity contribution in [1.82, 2.24) is 4.90 Å². The molecule has 7 heteroatoms. The van der Waals surface area contributed by atoms with Crippen molar-refractivity contribution < 1.29 is 23.6 Å². The summed E-state index contributed by atoms with van der Waals surface area (Å²) in [5, 5.41) is 2.85. The van der Waals surface area contributed by atoms with Gasteiger partial charge >= 0.3 is 0 Å². The van der Waals surface area contributed by atoms with Crippen molar-refractivity contribution in [2.75, 3.05) is 5.32 Å². The number of hydrogen-bond donors (Lipinski definition) is 1. The Hall–Kier alpha value is -4.26. The first-order valence-electron chi connectivity index (χ1n) is 12.2. The van der Waals surface area contributed by atoms with Gasteiger partial charge in [-0.3, -0.25) is 24.1 Å². The summed E-state index contributed by atoms with van der Waals surface area (Å²) in [6, 6.07) is 15.2. The number of benzene rings is 2. The third-order valence-corrected chi connectivity index (χ3v) is 8.08. The van der Waals surface area contributed by atoms with Gasteiger partial charge in [0, 0.05) is 16.8 Å². The highest BCUT2D eigenvalue weighted by Crippen LogP contribution is 2.54. The highest BCUT2D eigenvalue weighted by Gasteiger charge is 2.60. The fourth-order valence-corrected chi connectivity index (χ4v) is 6.53. The second-order valence-corrected chi connectivity index (χ2v) is 9.96. The van der Waals surface area contributed by atoms with Crippen LogP contribution in [0.4, 0.5) is 5.69 Å². The zero-order valence-corrected chi connectivity index (χ0v) is 19.2. The molecule has 0 spiro atoms. The number of nitrogens with zero attached hydrogens (tertiary/aromatic N) is 1. The summed E-state index contributed by atoms with van der Waals surface area (Å²) in [6.45, 7) is 0. The van der Waals surface area contributed by atoms with E-state index in [4.69, 9.17) is 4.42 Å². The van der Waals surface area contributed by atoms with Gasteiger partial charge in [0.1, 0.15) is 11.8 Å². The average molecular weight is 479 g/mol. The van der Waals surface area contributed by atoms with Gasteiger partial charge in [-0.05, 0) is 53.6 Å². The predicted octanol–water partition coefficient (Wildman–Crippen LogP) is 4.37. The van der Waals surface area contributed by atoms with E-state index < -0.39 is 6.04 Å². The van der Waals surface area contributed by atoms with E-state index in [1.165, 1.54) is 11.2 Å². The molecule has 1 saturated heterocycles. The Morgan fingerprint density at radius 3 is 2.28 bits per heavy atom. The lowest BCUT2D eigenvalue weighted by Crippen LogP contribution is -2.38. The summed E-state index contributed by atoms with van der Waals surface area (Å²) < 4.78 is 5.57. The topological polar surface area (TPSA) is 96.7 Å². The summed E-state index contributed by atoms with van der Waals surface area (Å²) in [5.41, 5.74) is 3.39. The number of furan rings is 1. The van der Waals surface area contributed by atoms with Gasteiger partial charge in [0.2, 0.25) is 17.7 Å². The molecule has 1 N–H and O–H groups in total. The number of carbonyl (C=O) groups excluding carboxylic acids is 4. The first-order chi connectivity index (χ1) is 17.5. The molecule has 1 aliphatic heterocycles. The first kappa shape index (κ1) is 21.1. The maximum Gasteiger partial charge on any atom is 0.234 e. The number of imide groups is 1. The molecule has 2 aromatic carbocycles. The molecular formula is C29H22N2O5. The van der Waals surface area contributed by atoms with Crippen molar-refractivity contribution in [3.8, 4) is 11.1 Å². The molecule has 178 valence electrons. The quantitative estimate of drug-likeness (QED) is 0.339. The minimum atomic E-state index is -0.828. The third kappa shape index (κ3) is 2.92. The number of likely N-dealkylation sites (tertiary alicyclic amines) is 1. The highest BCUT2D eigenvalue weighted by molar-refractivity contribution is 6.22. The minimum Gasteiger partial charge on any atom is -0.467 e. The van der Waals surface area contributed by atoms with Gasteiger partial charge in [0.25, 0.3) is 0 Å². The van der Waals surface area contributed by atoms with Crippen LogP contribution in [0, 0.1) is 23.7 Å². The fraction of sp³-hybridized carbons (Fsp3) is 0.241. The smallest absolute Gasteiger partial charge is 0.234 e. The van der Waals surface area contributed by atoms with Crippen LogP contribution in [0.15, 0.2) is 77.4 Å². The molecule has 3 aromatic rings. The Bertz CT molecular complexity index is 1460. The number of fused-ring (bicyclic) bond motifs is 8. The molecule has 2 bridgehead atoms. The van der Waals surface area contributed by atoms with Crippen LogP contribution in [0.25, 0.3) is 11.1 Å². The van der Waals surface area contributed by atoms with E-state index in [1.807, 2.05) is 36.4 Å². The van der Waals surface area contributed by atoms with E-state index in [0.717, 1.165) is 17.5 Å². The Kier molecular flexibility index (Phi) is 4.46. The van der Waals surface area contributed by atoms with Crippen LogP contribution in [-0.2, 0) is 14.4 Å². The molecule has 36 heavy (non-hydrogen) atoms. The number of ketones is 1. The average Bonchev–Trinajstić information content (AvgIpc) is 3.70. The van der Waals surface area contributed by atoms with Crippen molar-refractivity contribution in [3.05, 3.63) is 89.9 Å². The lowest BCUT2D eigenvalue weighted by Gasteiger charge is -2.26. The van der Waals surface area contributed by atoms with E-state index in [1.54, 1.807) is 30.3 Å². The summed E-state index contributed by atoms with van der Waals surface area (Å²) in [4.78, 5) is 54.1. The third-order valence-electron chi connectivity index (χ3n) is 8.08. The Labute approximate surface area is 206 Å². The molecule has 1 aromatic heterocycles. The monoisotopic (exact) mass is 478 g/mol. The Morgan fingerprint density at radius 1 is 0.889 bits per heavy atom. The standard InChI is InChI=1S/C29H22N2O5/c32-24(30-17-9-10-19-18-4-1-2-5-20(18)27(33)21(19)13-17)14-22(23-6-3-11-36-23)31-28(34)25-15-7-8-16(12-15)26(25)29(31)35/h1-11,13,15-16,22,25-26H,12,14H2,(H,30,32). The number of anilines is 1. The zero-order chi connectivity index (χ0) is 24.6. The molecule has 3 amide bonds. The van der Waals surface area contributed by atoms with Gasteiger partial charge < -0.3 is 9.73 Å². The largest absolute Gasteiger partial charge is 0.467 e. The first-order valence-corrected chi connectivity index (χ1v) is 12.2. The van der Waals surface area contributed by atoms with Crippen molar-refractivity contribution in [2.45, 2.75) is 18.9 Å². The molecule has 1 saturated carbocycles. The molecule has 2 fully saturated rings. The molecule has 4 aliphatic rings. The SMILES string of the molecule is O=C(CC(c1ccco1)N1C(=O)C2C3C=CC(C3)C2C1=O)Nc1ccc2c(c1)C(=O)c1ccccc1-2. The lowest BCUT2D eigenvalue weighted by molar-refractivity contribution is -0.144. The van der Waals surface area contributed by atoms with Gasteiger partial charge in [-0.1, -0.05) is 42.5 Å². The number of amides is 3. The van der Waals surface area contributed by atoms with E-state index in [2.05, 4.69) is 5.32 Å². The van der Waals surface area contributed by atoms with E-state index in [-0.39, 0.29) is 53.6 Å². The molecule has 5 atom stereocenters. The molecule has 3 aliphatic carbocycles. The van der Waals surface area contributed by atoms with Gasteiger partial charge in [-0.25, -0.2) is 0 Å². The van der Waals surface area contributed by atoms with Crippen LogP contribution >= 0.6 is 0 Å². The van der Waals surface area contributed by atoms with Gasteiger partial charge in [-0.15, -0.1) is 0 Å². The molecule has 7 rings (SSSR count). The van der Waals surface area contributed by atoms with E-state index in [9.17, 15) is 19.2 Å². The fourth-order valence-electron chi connectivity index (χ4n) is 6.53. The lowest BCUT2D eigenvalue weighted by atomic mass is 9.85. The maximum atomic E-state index is 13.4. The Balaban J connectivity index is 1.14. The predicted molar refractivity (Wildman–Crippen MR) is 130 cm³/mol. The van der Waals surface area contributed by atoms with Crippen molar-refractivity contribution in [1.29, 1.82) is 0 Å². The van der Waals surface area contributed by atoms with Crippen LogP contribution in [0.5, 0.6) is 0 Å². The number of hydrogen-bond acceptors (Lipinski definition) is 5. The number of allylic oxidation sites excluding steroid dienone is 2. The van der Waals surface area contributed by atoms with Crippen LogP contribution in [0.2, 0.25) is 0 Å². The maximum absolute atomic E-state index is 13.4. The minimum absolute atomic E-state index is 0.0757. The van der Waals surface area contributed by atoms with Gasteiger partial charge in [0.05, 0.1) is 24.5 Å². The number of nitrogens with one attached hydrogen (secondary N) is 1. The Morgan fingerprint density at radius 2 is 1.58 bits per heavy atom. The molecule has 0 radical (unpaired) electrons. The van der Waals surface area contributed by atoms with Crippen LogP contribution < -0.4 is 5.32 Å². The van der Waals surface area contributed by atoms with Gasteiger partial charge in [-0.2, -0.15) is 0 Å². The second kappa shape index (κ2) is 7.62. The van der Waals surface area contributed by atoms with E-state index in [0.29, 0.717) is 22.6 Å². The van der Waals surface area contributed by atoms with Crippen molar-refractivity contribution in [2.24, 2.45) is 23.7 Å². The summed E-state index contributed by atoms with van der Waals surface area (Å²) in [5.74, 6) is -1.04. The number of carbonyl (C=O) groups is 4. The van der Waals surface area contributed by atoms with Crippen molar-refractivity contribution >= 4 is 29.2 Å². The second-order valence-electron chi connectivity index (χ2n) is 9.96. The van der Waals surface area contributed by atoms with Crippen LogP contribution in [0.1, 0.15) is 40.6 Å². The van der Waals surface area contributed by atoms with Crippen LogP contribution in [-0.4, -0.2) is 28.4 Å². The number of rotatable bonds is 5. The molecule has 5 unspecified atom stereocenters. The summed E-state index contributed by atoms with van der Waals surface area (Å²) >= 11 is 0. The molecule has 2 heterocycles. The van der Waals surface area contributed by atoms with Gasteiger partial charge in [0.15, 0.2) is 5.78 Å². The summed E-state index contributed by atoms with van der Waals surface area (Å²) in [6.07, 6.45) is 6.26. The zero-order valence-electron chi connectivity index (χ0n) is 19.2. The normalized spacial score (nSPS) is 25.8. The summed E-state index contributed by atoms with van der Waals surface area (Å²) in [7, 11) is 0. The van der Waals surface area contributed by atoms with E-state index >= 15 is 0 Å². The van der Waals surface area contributed by atoms with Crippen LogP contribution in [0.3, 0.4) is 0 Å².